The van der Waals surface area contributed by atoms with Crippen molar-refractivity contribution in [1.29, 1.82) is 0 Å². The lowest BCUT2D eigenvalue weighted by Gasteiger charge is -2.17. The second-order valence-corrected chi connectivity index (χ2v) is 7.99. The molecule has 7 heteroatoms. The topological polar surface area (TPSA) is 68.8 Å². The van der Waals surface area contributed by atoms with E-state index in [2.05, 4.69) is 26.8 Å². The monoisotopic (exact) mass is 420 g/mol. The van der Waals surface area contributed by atoms with Gasteiger partial charge >= 0.3 is 0 Å². The van der Waals surface area contributed by atoms with Crippen molar-refractivity contribution >= 4 is 22.6 Å². The van der Waals surface area contributed by atoms with Crippen molar-refractivity contribution in [3.63, 3.8) is 0 Å². The number of rotatable bonds is 4. The smallest absolute Gasteiger partial charge is 0.233 e. The number of carbonyl (C=O) groups is 1. The maximum atomic E-state index is 12.8. The molecule has 0 unspecified atom stereocenters. The molecule has 1 aliphatic heterocycles. The summed E-state index contributed by atoms with van der Waals surface area (Å²) >= 11 is 0. The molecule has 6 rings (SSSR count). The summed E-state index contributed by atoms with van der Waals surface area (Å²) in [6.07, 6.45) is 7.81. The third-order valence-corrected chi connectivity index (χ3v) is 5.92. The van der Waals surface area contributed by atoms with Gasteiger partial charge in [-0.3, -0.25) is 9.69 Å². The standard InChI is InChI=1S/C25H20N6O/c1-29-13-10-18-4-2-5-21(23(18)29)24-26-15-19-14-22(32)30(25(19)28-24)16-17-6-8-20(9-7-17)31-12-3-11-27-31/h2-13,15H,14,16H2,1H3. The maximum absolute atomic E-state index is 12.8. The fourth-order valence-electron chi connectivity index (χ4n) is 4.32. The lowest BCUT2D eigenvalue weighted by molar-refractivity contribution is -0.117. The molecule has 0 N–H and O–H groups in total. The fourth-order valence-corrected chi connectivity index (χ4v) is 4.32. The molecule has 7 nitrogen and oxygen atoms in total. The maximum Gasteiger partial charge on any atom is 0.233 e. The summed E-state index contributed by atoms with van der Waals surface area (Å²) in [5, 5.41) is 5.40. The fraction of sp³-hybridized carbons (Fsp3) is 0.120. The molecule has 156 valence electrons. The minimum absolute atomic E-state index is 0.0414. The lowest BCUT2D eigenvalue weighted by Crippen LogP contribution is -2.26. The number of aromatic nitrogens is 5. The number of nitrogens with zero attached hydrogens (tertiary/aromatic N) is 6. The van der Waals surface area contributed by atoms with E-state index in [1.807, 2.05) is 66.6 Å². The van der Waals surface area contributed by atoms with E-state index >= 15 is 0 Å². The van der Waals surface area contributed by atoms with Crippen LogP contribution in [0.5, 0.6) is 0 Å². The normalized spacial score (nSPS) is 13.2. The Morgan fingerprint density at radius 2 is 1.88 bits per heavy atom. The lowest BCUT2D eigenvalue weighted by atomic mass is 10.1. The minimum Gasteiger partial charge on any atom is -0.350 e. The van der Waals surface area contributed by atoms with Gasteiger partial charge in [-0.2, -0.15) is 5.10 Å². The molecule has 32 heavy (non-hydrogen) atoms. The van der Waals surface area contributed by atoms with Crippen LogP contribution in [0.2, 0.25) is 0 Å². The van der Waals surface area contributed by atoms with E-state index in [4.69, 9.17) is 4.98 Å². The van der Waals surface area contributed by atoms with Gasteiger partial charge in [-0.05, 0) is 35.9 Å². The van der Waals surface area contributed by atoms with Crippen molar-refractivity contribution in [2.24, 2.45) is 7.05 Å². The quantitative estimate of drug-likeness (QED) is 0.442. The second-order valence-electron chi connectivity index (χ2n) is 7.99. The number of hydrogen-bond donors (Lipinski definition) is 0. The Balaban J connectivity index is 1.35. The molecule has 0 radical (unpaired) electrons. The zero-order valence-corrected chi connectivity index (χ0v) is 17.5. The molecule has 0 atom stereocenters. The summed E-state index contributed by atoms with van der Waals surface area (Å²) in [6.45, 7) is 0.468. The third kappa shape index (κ3) is 2.98. The predicted octanol–water partition coefficient (Wildman–Crippen LogP) is 3.91. The number of aryl methyl sites for hydroxylation is 1. The molecule has 0 fully saturated rings. The summed E-state index contributed by atoms with van der Waals surface area (Å²) in [6, 6.07) is 18.1. The van der Waals surface area contributed by atoms with Crippen LogP contribution in [-0.2, 0) is 24.8 Å². The Bertz CT molecular complexity index is 1450. The van der Waals surface area contributed by atoms with E-state index in [0.717, 1.165) is 33.3 Å². The predicted molar refractivity (Wildman–Crippen MR) is 122 cm³/mol. The molecule has 1 aliphatic rings. The van der Waals surface area contributed by atoms with E-state index < -0.39 is 0 Å². The number of hydrogen-bond acceptors (Lipinski definition) is 4. The number of fused-ring (bicyclic) bond motifs is 2. The summed E-state index contributed by atoms with van der Waals surface area (Å²) in [5.41, 5.74) is 4.92. The summed E-state index contributed by atoms with van der Waals surface area (Å²) in [4.78, 5) is 24.0. The summed E-state index contributed by atoms with van der Waals surface area (Å²) < 4.78 is 3.88. The molecule has 0 aliphatic carbocycles. The Morgan fingerprint density at radius 1 is 1.00 bits per heavy atom. The number of para-hydroxylation sites is 1. The molecule has 0 bridgehead atoms. The van der Waals surface area contributed by atoms with Gasteiger partial charge in [0, 0.05) is 48.3 Å². The number of benzene rings is 2. The van der Waals surface area contributed by atoms with Crippen molar-refractivity contribution in [3.05, 3.63) is 90.5 Å². The Morgan fingerprint density at radius 3 is 2.69 bits per heavy atom. The largest absolute Gasteiger partial charge is 0.350 e. The van der Waals surface area contributed by atoms with E-state index in [0.29, 0.717) is 24.6 Å². The molecule has 3 aromatic heterocycles. The van der Waals surface area contributed by atoms with E-state index in [1.165, 1.54) is 0 Å². The van der Waals surface area contributed by atoms with Gasteiger partial charge in [-0.1, -0.05) is 24.3 Å². The summed E-state index contributed by atoms with van der Waals surface area (Å²) in [5.74, 6) is 1.37. The van der Waals surface area contributed by atoms with E-state index in [9.17, 15) is 4.79 Å². The van der Waals surface area contributed by atoms with Gasteiger partial charge in [0.05, 0.1) is 24.2 Å². The number of amides is 1. The zero-order chi connectivity index (χ0) is 21.7. The minimum atomic E-state index is 0.0414. The van der Waals surface area contributed by atoms with Crippen LogP contribution in [0.25, 0.3) is 28.0 Å². The van der Waals surface area contributed by atoms with Crippen LogP contribution in [0, 0.1) is 0 Å². The first-order valence-corrected chi connectivity index (χ1v) is 10.5. The van der Waals surface area contributed by atoms with Crippen LogP contribution in [0.1, 0.15) is 11.1 Å². The van der Waals surface area contributed by atoms with Crippen LogP contribution in [0.15, 0.2) is 79.4 Å². The van der Waals surface area contributed by atoms with Gasteiger partial charge in [0.25, 0.3) is 0 Å². The second kappa shape index (κ2) is 7.16. The van der Waals surface area contributed by atoms with Gasteiger partial charge in [0.15, 0.2) is 5.82 Å². The SMILES string of the molecule is Cn1ccc2cccc(-c3ncc4c(n3)N(Cc3ccc(-n5cccn5)cc3)C(=O)C4)c21. The van der Waals surface area contributed by atoms with Crippen LogP contribution < -0.4 is 4.90 Å². The molecular formula is C25H20N6O. The zero-order valence-electron chi connectivity index (χ0n) is 17.5. The molecule has 1 amide bonds. The first-order valence-electron chi connectivity index (χ1n) is 10.5. The average Bonchev–Trinajstić information content (AvgIpc) is 3.55. The highest BCUT2D eigenvalue weighted by molar-refractivity contribution is 6.00. The van der Waals surface area contributed by atoms with Gasteiger partial charge in [0.2, 0.25) is 5.91 Å². The molecule has 0 saturated carbocycles. The Labute approximate surface area is 184 Å². The van der Waals surface area contributed by atoms with Gasteiger partial charge in [-0.15, -0.1) is 0 Å². The Kier molecular flexibility index (Phi) is 4.14. The van der Waals surface area contributed by atoms with E-state index in [-0.39, 0.29) is 5.91 Å². The van der Waals surface area contributed by atoms with Crippen LogP contribution in [0.3, 0.4) is 0 Å². The molecule has 2 aromatic carbocycles. The number of anilines is 1. The van der Waals surface area contributed by atoms with Crippen LogP contribution in [0.4, 0.5) is 5.82 Å². The molecular weight excluding hydrogens is 400 g/mol. The number of carbonyl (C=O) groups excluding carboxylic acids is 1. The van der Waals surface area contributed by atoms with Gasteiger partial charge in [-0.25, -0.2) is 14.6 Å². The molecule has 5 aromatic rings. The third-order valence-electron chi connectivity index (χ3n) is 5.92. The first kappa shape index (κ1) is 18.5. The Hall–Kier alpha value is -4.26. The van der Waals surface area contributed by atoms with Crippen molar-refractivity contribution in [2.45, 2.75) is 13.0 Å². The highest BCUT2D eigenvalue weighted by atomic mass is 16.2. The highest BCUT2D eigenvalue weighted by Crippen LogP contribution is 2.32. The summed E-state index contributed by atoms with van der Waals surface area (Å²) in [7, 11) is 2.02. The average molecular weight is 420 g/mol. The van der Waals surface area contributed by atoms with Gasteiger partial charge in [0.1, 0.15) is 5.82 Å². The van der Waals surface area contributed by atoms with Gasteiger partial charge < -0.3 is 4.57 Å². The molecule has 0 spiro atoms. The molecule has 0 saturated heterocycles. The van der Waals surface area contributed by atoms with E-state index in [1.54, 1.807) is 17.3 Å². The van der Waals surface area contributed by atoms with Crippen LogP contribution >= 0.6 is 0 Å². The van der Waals surface area contributed by atoms with Crippen LogP contribution in [-0.4, -0.2) is 30.2 Å². The first-order chi connectivity index (χ1) is 15.7. The highest BCUT2D eigenvalue weighted by Gasteiger charge is 2.30. The van der Waals surface area contributed by atoms with Crippen molar-refractivity contribution in [1.82, 2.24) is 24.3 Å². The van der Waals surface area contributed by atoms with Crippen molar-refractivity contribution in [2.75, 3.05) is 4.90 Å². The molecule has 4 heterocycles. The van der Waals surface area contributed by atoms with Crippen molar-refractivity contribution in [3.8, 4) is 17.1 Å². The van der Waals surface area contributed by atoms with Crippen molar-refractivity contribution < 1.29 is 4.79 Å².